The van der Waals surface area contributed by atoms with Crippen molar-refractivity contribution in [3.63, 3.8) is 0 Å². The van der Waals surface area contributed by atoms with E-state index in [2.05, 4.69) is 9.80 Å². The molecule has 40 heavy (non-hydrogen) atoms. The third-order valence-electron chi connectivity index (χ3n) is 8.43. The topological polar surface area (TPSA) is 47.1 Å². The fourth-order valence-corrected chi connectivity index (χ4v) is 6.36. The Kier molecular flexibility index (Phi) is 8.40. The molecule has 1 unspecified atom stereocenters. The van der Waals surface area contributed by atoms with Crippen LogP contribution in [0.2, 0.25) is 5.02 Å². The van der Waals surface area contributed by atoms with Crippen LogP contribution in [0.3, 0.4) is 0 Å². The average molecular weight is 581 g/mol. The fourth-order valence-electron chi connectivity index (χ4n) is 6.12. The lowest BCUT2D eigenvalue weighted by atomic mass is 9.93. The Labute approximate surface area is 236 Å². The number of carbonyl (C=O) groups is 2. The quantitative estimate of drug-likeness (QED) is 0.424. The van der Waals surface area contributed by atoms with Crippen molar-refractivity contribution < 1.29 is 27.2 Å². The fraction of sp³-hybridized carbons (Fsp3) is 0.517. The zero-order chi connectivity index (χ0) is 28.6. The van der Waals surface area contributed by atoms with Gasteiger partial charge in [-0.3, -0.25) is 14.5 Å². The van der Waals surface area contributed by atoms with Gasteiger partial charge in [-0.1, -0.05) is 23.7 Å². The molecule has 0 N–H and O–H groups in total. The van der Waals surface area contributed by atoms with Gasteiger partial charge >= 0.3 is 6.18 Å². The van der Waals surface area contributed by atoms with Gasteiger partial charge in [0.2, 0.25) is 5.91 Å². The SMILES string of the molecule is CN(C[C@@H](CCN1CC(N2CCN3C(=O)CCC3C2)C1)c1ccc(F)cc1)C(=O)c1cc(Cl)cc(C(F)(F)F)c1. The molecule has 0 saturated carbocycles. The maximum Gasteiger partial charge on any atom is 0.416 e. The Morgan fingerprint density at radius 3 is 2.50 bits per heavy atom. The third-order valence-corrected chi connectivity index (χ3v) is 8.65. The molecule has 3 fully saturated rings. The zero-order valence-electron chi connectivity index (χ0n) is 22.3. The van der Waals surface area contributed by atoms with Crippen LogP contribution in [-0.4, -0.2) is 96.4 Å². The number of piperazine rings is 1. The zero-order valence-corrected chi connectivity index (χ0v) is 23.1. The lowest BCUT2D eigenvalue weighted by molar-refractivity contribution is -0.137. The average Bonchev–Trinajstić information content (AvgIpc) is 3.26. The van der Waals surface area contributed by atoms with Crippen molar-refractivity contribution in [1.82, 2.24) is 19.6 Å². The van der Waals surface area contributed by atoms with E-state index in [0.717, 1.165) is 63.4 Å². The number of rotatable bonds is 8. The summed E-state index contributed by atoms with van der Waals surface area (Å²) in [4.78, 5) is 33.4. The van der Waals surface area contributed by atoms with Crippen molar-refractivity contribution in [2.75, 3.05) is 52.9 Å². The van der Waals surface area contributed by atoms with Crippen LogP contribution in [-0.2, 0) is 11.0 Å². The molecule has 2 atom stereocenters. The van der Waals surface area contributed by atoms with Gasteiger partial charge in [0.25, 0.3) is 5.91 Å². The second-order valence-corrected chi connectivity index (χ2v) is 11.6. The summed E-state index contributed by atoms with van der Waals surface area (Å²) in [7, 11) is 1.56. The molecule has 0 bridgehead atoms. The Bertz CT molecular complexity index is 1240. The Hall–Kier alpha value is -2.69. The normalized spacial score (nSPS) is 21.3. The molecule has 0 spiro atoms. The predicted octanol–water partition coefficient (Wildman–Crippen LogP) is 4.73. The van der Waals surface area contributed by atoms with E-state index in [1.54, 1.807) is 19.2 Å². The molecule has 11 heteroatoms. The minimum Gasteiger partial charge on any atom is -0.341 e. The van der Waals surface area contributed by atoms with Gasteiger partial charge < -0.3 is 14.7 Å². The van der Waals surface area contributed by atoms with Gasteiger partial charge in [-0.15, -0.1) is 0 Å². The molecule has 3 aliphatic heterocycles. The first kappa shape index (κ1) is 28.8. The first-order valence-corrected chi connectivity index (χ1v) is 14.0. The predicted molar refractivity (Wildman–Crippen MR) is 144 cm³/mol. The summed E-state index contributed by atoms with van der Waals surface area (Å²) >= 11 is 5.90. The minimum atomic E-state index is -4.62. The Balaban J connectivity index is 1.20. The van der Waals surface area contributed by atoms with Crippen LogP contribution in [0.15, 0.2) is 42.5 Å². The molecule has 2 aromatic carbocycles. The molecular weight excluding hydrogens is 548 g/mol. The summed E-state index contributed by atoms with van der Waals surface area (Å²) in [6, 6.07) is 9.79. The maximum absolute atomic E-state index is 13.6. The number of nitrogens with zero attached hydrogens (tertiary/aromatic N) is 4. The molecule has 3 aliphatic rings. The number of likely N-dealkylation sites (N-methyl/N-ethyl adjacent to an activating group) is 1. The van der Waals surface area contributed by atoms with Gasteiger partial charge in [-0.05, 0) is 55.3 Å². The van der Waals surface area contributed by atoms with Gasteiger partial charge in [0.05, 0.1) is 5.56 Å². The van der Waals surface area contributed by atoms with Crippen LogP contribution in [0.5, 0.6) is 0 Å². The first-order chi connectivity index (χ1) is 19.0. The lowest BCUT2D eigenvalue weighted by Gasteiger charge is -2.49. The summed E-state index contributed by atoms with van der Waals surface area (Å²) < 4.78 is 53.5. The smallest absolute Gasteiger partial charge is 0.341 e. The molecule has 6 nitrogen and oxygen atoms in total. The Morgan fingerprint density at radius 2 is 1.80 bits per heavy atom. The number of likely N-dealkylation sites (tertiary alicyclic amines) is 1. The molecule has 2 aromatic rings. The number of halogens is 5. The second-order valence-electron chi connectivity index (χ2n) is 11.1. The van der Waals surface area contributed by atoms with E-state index < -0.39 is 17.6 Å². The summed E-state index contributed by atoms with van der Waals surface area (Å²) in [6.45, 7) is 5.50. The summed E-state index contributed by atoms with van der Waals surface area (Å²) in [5.74, 6) is -0.789. The second kappa shape index (κ2) is 11.7. The molecule has 2 amide bonds. The van der Waals surface area contributed by atoms with Gasteiger partial charge in [0.15, 0.2) is 0 Å². The van der Waals surface area contributed by atoms with Crippen molar-refractivity contribution in [2.24, 2.45) is 0 Å². The number of fused-ring (bicyclic) bond motifs is 1. The number of benzene rings is 2. The van der Waals surface area contributed by atoms with Crippen LogP contribution < -0.4 is 0 Å². The van der Waals surface area contributed by atoms with Crippen molar-refractivity contribution >= 4 is 23.4 Å². The van der Waals surface area contributed by atoms with E-state index >= 15 is 0 Å². The van der Waals surface area contributed by atoms with Crippen molar-refractivity contribution in [3.8, 4) is 0 Å². The van der Waals surface area contributed by atoms with E-state index in [0.29, 0.717) is 24.9 Å². The maximum atomic E-state index is 13.6. The van der Waals surface area contributed by atoms with Crippen molar-refractivity contribution in [3.05, 3.63) is 70.0 Å². The highest BCUT2D eigenvalue weighted by molar-refractivity contribution is 6.31. The molecule has 5 rings (SSSR count). The van der Waals surface area contributed by atoms with Gasteiger partial charge in [-0.25, -0.2) is 4.39 Å². The van der Waals surface area contributed by atoms with E-state index in [9.17, 15) is 27.2 Å². The molecule has 3 heterocycles. The van der Waals surface area contributed by atoms with Crippen LogP contribution in [0, 0.1) is 5.82 Å². The molecule has 0 radical (unpaired) electrons. The standard InChI is InChI=1S/C29H33ClF4N4O2/c1-35(28(40)21-12-22(29(32,33)34)14-23(30)13-21)15-20(19-2-4-24(31)5-3-19)8-9-36-16-26(17-36)37-10-11-38-25(18-37)6-7-27(38)39/h2-5,12-14,20,25-26H,6-11,15-18H2,1H3/t20-,25?/m1/s1. The molecule has 216 valence electrons. The van der Waals surface area contributed by atoms with E-state index in [1.165, 1.54) is 23.1 Å². The number of hydrogen-bond donors (Lipinski definition) is 0. The molecule has 0 aliphatic carbocycles. The summed E-state index contributed by atoms with van der Waals surface area (Å²) in [6.07, 6.45) is -2.33. The van der Waals surface area contributed by atoms with E-state index in [4.69, 9.17) is 11.6 Å². The summed E-state index contributed by atoms with van der Waals surface area (Å²) in [5, 5.41) is -0.157. The van der Waals surface area contributed by atoms with Crippen LogP contribution in [0.25, 0.3) is 0 Å². The van der Waals surface area contributed by atoms with Gasteiger partial charge in [0.1, 0.15) is 5.82 Å². The number of carbonyl (C=O) groups excluding carboxylic acids is 2. The summed E-state index contributed by atoms with van der Waals surface area (Å²) in [5.41, 5.74) is -0.239. The van der Waals surface area contributed by atoms with Gasteiger partial charge in [0, 0.05) is 81.3 Å². The first-order valence-electron chi connectivity index (χ1n) is 13.6. The van der Waals surface area contributed by atoms with E-state index in [-0.39, 0.29) is 34.8 Å². The molecule has 0 aromatic heterocycles. The highest BCUT2D eigenvalue weighted by Gasteiger charge is 2.40. The highest BCUT2D eigenvalue weighted by atomic mass is 35.5. The molecule has 3 saturated heterocycles. The van der Waals surface area contributed by atoms with Crippen molar-refractivity contribution in [1.29, 1.82) is 0 Å². The lowest BCUT2D eigenvalue weighted by Crippen LogP contribution is -2.64. The van der Waals surface area contributed by atoms with E-state index in [1.807, 2.05) is 4.90 Å². The largest absolute Gasteiger partial charge is 0.416 e. The molecular formula is C29H33ClF4N4O2. The van der Waals surface area contributed by atoms with Gasteiger partial charge in [-0.2, -0.15) is 13.2 Å². The number of hydrogen-bond acceptors (Lipinski definition) is 4. The van der Waals surface area contributed by atoms with Crippen LogP contribution in [0.4, 0.5) is 17.6 Å². The number of amides is 2. The monoisotopic (exact) mass is 580 g/mol. The minimum absolute atomic E-state index is 0.130. The number of alkyl halides is 3. The highest BCUT2D eigenvalue weighted by Crippen LogP contribution is 2.33. The Morgan fingerprint density at radius 1 is 1.07 bits per heavy atom. The van der Waals surface area contributed by atoms with Crippen molar-refractivity contribution in [2.45, 2.75) is 43.4 Å². The van der Waals surface area contributed by atoms with Crippen LogP contribution in [0.1, 0.15) is 46.7 Å². The third kappa shape index (κ3) is 6.44. The van der Waals surface area contributed by atoms with Crippen LogP contribution >= 0.6 is 11.6 Å².